The number of carbonyl (C=O) groups is 1. The number of hydrogen-bond donors (Lipinski definition) is 1. The summed E-state index contributed by atoms with van der Waals surface area (Å²) in [5.74, 6) is 0.586. The molecule has 3 aromatic rings. The van der Waals surface area contributed by atoms with Crippen molar-refractivity contribution in [2.24, 2.45) is 0 Å². The Labute approximate surface area is 156 Å². The fourth-order valence-corrected chi connectivity index (χ4v) is 4.19. The summed E-state index contributed by atoms with van der Waals surface area (Å²) in [4.78, 5) is 15.7. The van der Waals surface area contributed by atoms with Crippen molar-refractivity contribution in [1.82, 2.24) is 14.3 Å². The van der Waals surface area contributed by atoms with E-state index in [0.29, 0.717) is 28.5 Å². The van der Waals surface area contributed by atoms with Crippen LogP contribution in [0.15, 0.2) is 47.4 Å². The number of rotatable bonds is 6. The van der Waals surface area contributed by atoms with Gasteiger partial charge in [-0.15, -0.1) is 0 Å². The van der Waals surface area contributed by atoms with E-state index in [2.05, 4.69) is 9.71 Å². The predicted molar refractivity (Wildman–Crippen MR) is 101 cm³/mol. The number of benzene rings is 2. The van der Waals surface area contributed by atoms with Gasteiger partial charge in [0.2, 0.25) is 10.0 Å². The number of halogens is 1. The van der Waals surface area contributed by atoms with Crippen LogP contribution in [0.2, 0.25) is 5.02 Å². The molecule has 136 valence electrons. The first kappa shape index (κ1) is 18.6. The van der Waals surface area contributed by atoms with E-state index in [4.69, 9.17) is 11.6 Å². The van der Waals surface area contributed by atoms with Crippen LogP contribution in [-0.4, -0.2) is 24.3 Å². The fraction of sp³-hybridized carbons (Fsp3) is 0.222. The van der Waals surface area contributed by atoms with Gasteiger partial charge in [0.25, 0.3) is 0 Å². The first-order chi connectivity index (χ1) is 12.4. The Bertz CT molecular complexity index is 1060. The van der Waals surface area contributed by atoms with Gasteiger partial charge in [-0.3, -0.25) is 4.79 Å². The van der Waals surface area contributed by atoms with Crippen LogP contribution < -0.4 is 4.72 Å². The van der Waals surface area contributed by atoms with E-state index in [0.717, 1.165) is 11.8 Å². The molecular formula is C18H18ClN3O3S. The Hall–Kier alpha value is -2.22. The smallest absolute Gasteiger partial charge is 0.241 e. The third-order valence-corrected chi connectivity index (χ3v) is 5.91. The zero-order valence-electron chi connectivity index (χ0n) is 14.3. The van der Waals surface area contributed by atoms with Crippen LogP contribution in [0, 0.1) is 0 Å². The molecule has 0 saturated heterocycles. The highest BCUT2D eigenvalue weighted by Crippen LogP contribution is 2.23. The molecule has 0 amide bonds. The van der Waals surface area contributed by atoms with Gasteiger partial charge in [-0.25, -0.2) is 18.1 Å². The molecule has 0 unspecified atom stereocenters. The highest BCUT2D eigenvalue weighted by atomic mass is 35.5. The molecule has 0 bridgehead atoms. The number of aromatic nitrogens is 2. The maximum Gasteiger partial charge on any atom is 0.241 e. The summed E-state index contributed by atoms with van der Waals surface area (Å²) in [5, 5.41) is 0.468. The maximum atomic E-state index is 12.6. The molecule has 0 aliphatic heterocycles. The normalized spacial score (nSPS) is 13.0. The van der Waals surface area contributed by atoms with Gasteiger partial charge in [0.05, 0.1) is 22.0 Å². The van der Waals surface area contributed by atoms with E-state index in [-0.39, 0.29) is 4.90 Å². The first-order valence-corrected chi connectivity index (χ1v) is 9.95. The van der Waals surface area contributed by atoms with Crippen molar-refractivity contribution in [2.45, 2.75) is 31.3 Å². The van der Waals surface area contributed by atoms with Gasteiger partial charge in [0.15, 0.2) is 0 Å². The largest absolute Gasteiger partial charge is 0.327 e. The minimum Gasteiger partial charge on any atom is -0.327 e. The molecule has 0 fully saturated rings. The van der Waals surface area contributed by atoms with Crippen LogP contribution in [0.1, 0.15) is 36.1 Å². The molecule has 0 aliphatic rings. The molecule has 8 heteroatoms. The SMILES string of the molecule is CCn1c([C@@H](C)NS(=O)(=O)c2ccc(Cl)cc2)nc2ccc(C=O)cc21. The number of nitrogens with one attached hydrogen (secondary N) is 1. The number of aryl methyl sites for hydroxylation is 1. The fourth-order valence-electron chi connectivity index (χ4n) is 2.86. The van der Waals surface area contributed by atoms with E-state index >= 15 is 0 Å². The maximum absolute atomic E-state index is 12.6. The van der Waals surface area contributed by atoms with Crippen molar-refractivity contribution in [3.8, 4) is 0 Å². The van der Waals surface area contributed by atoms with Crippen LogP contribution in [0.3, 0.4) is 0 Å². The first-order valence-electron chi connectivity index (χ1n) is 8.09. The van der Waals surface area contributed by atoms with Crippen LogP contribution >= 0.6 is 11.6 Å². The monoisotopic (exact) mass is 391 g/mol. The van der Waals surface area contributed by atoms with E-state index in [1.54, 1.807) is 25.1 Å². The topological polar surface area (TPSA) is 81.1 Å². The lowest BCUT2D eigenvalue weighted by molar-refractivity contribution is 0.112. The van der Waals surface area contributed by atoms with Crippen LogP contribution in [-0.2, 0) is 16.6 Å². The highest BCUT2D eigenvalue weighted by molar-refractivity contribution is 7.89. The van der Waals surface area contributed by atoms with Gasteiger partial charge in [-0.05, 0) is 56.3 Å². The number of hydrogen-bond acceptors (Lipinski definition) is 4. The summed E-state index contributed by atoms with van der Waals surface area (Å²) in [6.45, 7) is 4.28. The zero-order chi connectivity index (χ0) is 18.9. The summed E-state index contributed by atoms with van der Waals surface area (Å²) in [6.07, 6.45) is 0.777. The highest BCUT2D eigenvalue weighted by Gasteiger charge is 2.22. The summed E-state index contributed by atoms with van der Waals surface area (Å²) in [5.41, 5.74) is 2.06. The molecule has 1 N–H and O–H groups in total. The second-order valence-electron chi connectivity index (χ2n) is 5.88. The Morgan fingerprint density at radius 3 is 2.54 bits per heavy atom. The predicted octanol–water partition coefficient (Wildman–Crippen LogP) is 3.56. The quantitative estimate of drug-likeness (QED) is 0.651. The molecule has 2 aromatic carbocycles. The molecule has 1 aromatic heterocycles. The van der Waals surface area contributed by atoms with Gasteiger partial charge < -0.3 is 4.57 Å². The van der Waals surface area contributed by atoms with Crippen LogP contribution in [0.4, 0.5) is 0 Å². The van der Waals surface area contributed by atoms with Gasteiger partial charge in [0, 0.05) is 17.1 Å². The minimum atomic E-state index is -3.72. The van der Waals surface area contributed by atoms with Crippen molar-refractivity contribution >= 4 is 38.9 Å². The van der Waals surface area contributed by atoms with Crippen molar-refractivity contribution in [1.29, 1.82) is 0 Å². The Morgan fingerprint density at radius 2 is 1.92 bits per heavy atom. The van der Waals surface area contributed by atoms with E-state index in [1.165, 1.54) is 24.3 Å². The van der Waals surface area contributed by atoms with Gasteiger partial charge in [-0.1, -0.05) is 11.6 Å². The molecule has 1 atom stereocenters. The summed E-state index contributed by atoms with van der Waals surface area (Å²) < 4.78 is 29.8. The molecule has 0 radical (unpaired) electrons. The van der Waals surface area contributed by atoms with Crippen molar-refractivity contribution in [2.75, 3.05) is 0 Å². The number of nitrogens with zero attached hydrogens (tertiary/aromatic N) is 2. The molecule has 26 heavy (non-hydrogen) atoms. The van der Waals surface area contributed by atoms with Crippen LogP contribution in [0.5, 0.6) is 0 Å². The third kappa shape index (κ3) is 3.51. The summed E-state index contributed by atoms with van der Waals surface area (Å²) in [7, 11) is -3.72. The average molecular weight is 392 g/mol. The second kappa shape index (κ2) is 7.19. The van der Waals surface area contributed by atoms with Gasteiger partial charge in [0.1, 0.15) is 12.1 Å². The number of aldehydes is 1. The Balaban J connectivity index is 1.98. The summed E-state index contributed by atoms with van der Waals surface area (Å²) in [6, 6.07) is 10.6. The van der Waals surface area contributed by atoms with Crippen molar-refractivity contribution in [3.05, 3.63) is 58.9 Å². The van der Waals surface area contributed by atoms with E-state index < -0.39 is 16.1 Å². The molecule has 3 rings (SSSR count). The number of fused-ring (bicyclic) bond motifs is 1. The molecule has 0 spiro atoms. The average Bonchev–Trinajstić information content (AvgIpc) is 2.99. The molecule has 0 saturated carbocycles. The lowest BCUT2D eigenvalue weighted by Gasteiger charge is -2.15. The standard InChI is InChI=1S/C18H18ClN3O3S/c1-3-22-17-10-13(11-23)4-9-16(17)20-18(22)12(2)21-26(24,25)15-7-5-14(19)6-8-15/h4-12,21H,3H2,1-2H3/t12-/m1/s1. The minimum absolute atomic E-state index is 0.135. The Morgan fingerprint density at radius 1 is 1.23 bits per heavy atom. The zero-order valence-corrected chi connectivity index (χ0v) is 15.9. The van der Waals surface area contributed by atoms with E-state index in [9.17, 15) is 13.2 Å². The van der Waals surface area contributed by atoms with Gasteiger partial charge in [-0.2, -0.15) is 0 Å². The molecule has 0 aliphatic carbocycles. The number of imidazole rings is 1. The third-order valence-electron chi connectivity index (χ3n) is 4.10. The van der Waals surface area contributed by atoms with E-state index in [1.807, 2.05) is 11.5 Å². The number of sulfonamides is 1. The lowest BCUT2D eigenvalue weighted by Crippen LogP contribution is -2.28. The molecule has 6 nitrogen and oxygen atoms in total. The van der Waals surface area contributed by atoms with Crippen molar-refractivity contribution in [3.63, 3.8) is 0 Å². The van der Waals surface area contributed by atoms with Crippen LogP contribution in [0.25, 0.3) is 11.0 Å². The second-order valence-corrected chi connectivity index (χ2v) is 8.03. The van der Waals surface area contributed by atoms with Crippen molar-refractivity contribution < 1.29 is 13.2 Å². The van der Waals surface area contributed by atoms with Gasteiger partial charge >= 0.3 is 0 Å². The number of carbonyl (C=O) groups excluding carboxylic acids is 1. The Kier molecular flexibility index (Phi) is 5.13. The molecule has 1 heterocycles. The molecular weight excluding hydrogens is 374 g/mol. The summed E-state index contributed by atoms with van der Waals surface area (Å²) >= 11 is 5.82. The lowest BCUT2D eigenvalue weighted by atomic mass is 10.2.